The second kappa shape index (κ2) is 7.25. The Balaban J connectivity index is 1.82. The summed E-state index contributed by atoms with van der Waals surface area (Å²) in [5, 5.41) is 23.3. The standard InChI is InChI=1S/C21H18N4O3/c1-28-21(27)14(11-22)19-20(24-16-9-5-4-8-15(16)23-19)25-18-13-7-3-2-6-12(13)10-17(18)26/h2-9,14,17-18,26H,10H2,1H3,(H,24,25)/t14?,17-,18+/m0/s1. The van der Waals surface area contributed by atoms with Crippen LogP contribution in [0, 0.1) is 11.3 Å². The number of nitrogens with one attached hydrogen (secondary N) is 1. The first kappa shape index (κ1) is 17.9. The molecule has 3 atom stereocenters. The van der Waals surface area contributed by atoms with Crippen LogP contribution in [0.3, 0.4) is 0 Å². The monoisotopic (exact) mass is 374 g/mol. The van der Waals surface area contributed by atoms with Gasteiger partial charge < -0.3 is 15.2 Å². The molecule has 2 aromatic carbocycles. The molecule has 4 rings (SSSR count). The number of fused-ring (bicyclic) bond motifs is 2. The average molecular weight is 374 g/mol. The molecule has 0 spiro atoms. The number of anilines is 1. The van der Waals surface area contributed by atoms with Crippen LogP contribution in [-0.4, -0.2) is 34.3 Å². The molecule has 3 aromatic rings. The Hall–Kier alpha value is -3.50. The molecule has 1 aromatic heterocycles. The van der Waals surface area contributed by atoms with Crippen molar-refractivity contribution in [2.45, 2.75) is 24.5 Å². The number of aliphatic hydroxyl groups excluding tert-OH is 1. The third-order valence-electron chi connectivity index (χ3n) is 4.93. The van der Waals surface area contributed by atoms with E-state index in [1.807, 2.05) is 42.5 Å². The van der Waals surface area contributed by atoms with Crippen LogP contribution in [0.25, 0.3) is 11.0 Å². The van der Waals surface area contributed by atoms with E-state index in [4.69, 9.17) is 4.74 Å². The fourth-order valence-electron chi connectivity index (χ4n) is 3.56. The highest BCUT2D eigenvalue weighted by Crippen LogP contribution is 2.35. The summed E-state index contributed by atoms with van der Waals surface area (Å²) >= 11 is 0. The number of carbonyl (C=O) groups is 1. The van der Waals surface area contributed by atoms with Crippen LogP contribution in [0.15, 0.2) is 48.5 Å². The molecule has 0 saturated carbocycles. The lowest BCUT2D eigenvalue weighted by Gasteiger charge is -2.21. The Morgan fingerprint density at radius 1 is 1.21 bits per heavy atom. The van der Waals surface area contributed by atoms with Gasteiger partial charge in [0.25, 0.3) is 0 Å². The van der Waals surface area contributed by atoms with Crippen LogP contribution in [0.4, 0.5) is 5.82 Å². The van der Waals surface area contributed by atoms with E-state index < -0.39 is 24.0 Å². The molecule has 28 heavy (non-hydrogen) atoms. The van der Waals surface area contributed by atoms with Crippen molar-refractivity contribution in [1.29, 1.82) is 5.26 Å². The predicted molar refractivity (Wildman–Crippen MR) is 102 cm³/mol. The van der Waals surface area contributed by atoms with Crippen molar-refractivity contribution in [3.63, 3.8) is 0 Å². The van der Waals surface area contributed by atoms with Crippen molar-refractivity contribution in [2.24, 2.45) is 0 Å². The lowest BCUT2D eigenvalue weighted by Crippen LogP contribution is -2.24. The number of aromatic nitrogens is 2. The molecule has 1 heterocycles. The predicted octanol–water partition coefficient (Wildman–Crippen LogP) is 2.48. The molecule has 1 aliphatic rings. The van der Waals surface area contributed by atoms with Gasteiger partial charge in [-0.1, -0.05) is 36.4 Å². The summed E-state index contributed by atoms with van der Waals surface area (Å²) in [5.41, 5.74) is 3.38. The number of rotatable bonds is 4. The molecule has 140 valence electrons. The van der Waals surface area contributed by atoms with Crippen molar-refractivity contribution in [2.75, 3.05) is 12.4 Å². The fourth-order valence-corrected chi connectivity index (χ4v) is 3.56. The van der Waals surface area contributed by atoms with Crippen LogP contribution in [0.5, 0.6) is 0 Å². The van der Waals surface area contributed by atoms with E-state index in [1.165, 1.54) is 7.11 Å². The Labute approximate surface area is 161 Å². The molecule has 1 unspecified atom stereocenters. The second-order valence-corrected chi connectivity index (χ2v) is 6.62. The van der Waals surface area contributed by atoms with Crippen molar-refractivity contribution in [1.82, 2.24) is 9.97 Å². The molecule has 2 N–H and O–H groups in total. The highest BCUT2D eigenvalue weighted by molar-refractivity contribution is 5.85. The third kappa shape index (κ3) is 3.04. The topological polar surface area (TPSA) is 108 Å². The number of aliphatic hydroxyl groups is 1. The molecule has 0 radical (unpaired) electrons. The average Bonchev–Trinajstić information content (AvgIpc) is 3.03. The first-order valence-electron chi connectivity index (χ1n) is 8.89. The van der Waals surface area contributed by atoms with Gasteiger partial charge in [0.15, 0.2) is 11.7 Å². The van der Waals surface area contributed by atoms with Gasteiger partial charge >= 0.3 is 5.97 Å². The van der Waals surface area contributed by atoms with E-state index in [0.717, 1.165) is 11.1 Å². The number of esters is 1. The van der Waals surface area contributed by atoms with Crippen LogP contribution < -0.4 is 5.32 Å². The van der Waals surface area contributed by atoms with Crippen LogP contribution >= 0.6 is 0 Å². The minimum atomic E-state index is -1.22. The molecule has 1 aliphatic carbocycles. The summed E-state index contributed by atoms with van der Waals surface area (Å²) < 4.78 is 4.77. The van der Waals surface area contributed by atoms with Crippen molar-refractivity contribution in [3.05, 3.63) is 65.4 Å². The lowest BCUT2D eigenvalue weighted by atomic mass is 10.0. The van der Waals surface area contributed by atoms with Crippen LogP contribution in [0.2, 0.25) is 0 Å². The number of methoxy groups -OCH3 is 1. The molecule has 7 nitrogen and oxygen atoms in total. The van der Waals surface area contributed by atoms with E-state index in [-0.39, 0.29) is 11.5 Å². The summed E-state index contributed by atoms with van der Waals surface area (Å²) in [6.07, 6.45) is -0.139. The number of hydrogen-bond donors (Lipinski definition) is 2. The highest BCUT2D eigenvalue weighted by Gasteiger charge is 2.34. The SMILES string of the molecule is COC(=O)C(C#N)c1nc2ccccc2nc1N[C@@H]1c2ccccc2C[C@@H]1O. The first-order valence-corrected chi connectivity index (χ1v) is 8.89. The zero-order chi connectivity index (χ0) is 19.7. The largest absolute Gasteiger partial charge is 0.468 e. The molecule has 0 amide bonds. The van der Waals surface area contributed by atoms with Crippen LogP contribution in [-0.2, 0) is 16.0 Å². The maximum atomic E-state index is 12.1. The van der Waals surface area contributed by atoms with Gasteiger partial charge in [-0.2, -0.15) is 5.26 Å². The zero-order valence-electron chi connectivity index (χ0n) is 15.2. The summed E-state index contributed by atoms with van der Waals surface area (Å²) in [6.45, 7) is 0. The Morgan fingerprint density at radius 3 is 2.61 bits per heavy atom. The molecule has 0 fully saturated rings. The number of hydrogen-bond acceptors (Lipinski definition) is 7. The van der Waals surface area contributed by atoms with Gasteiger partial charge in [-0.05, 0) is 23.3 Å². The quantitative estimate of drug-likeness (QED) is 0.675. The van der Waals surface area contributed by atoms with Gasteiger partial charge in [0.05, 0.1) is 36.4 Å². The van der Waals surface area contributed by atoms with E-state index >= 15 is 0 Å². The zero-order valence-corrected chi connectivity index (χ0v) is 15.2. The van der Waals surface area contributed by atoms with E-state index in [9.17, 15) is 15.2 Å². The van der Waals surface area contributed by atoms with Crippen molar-refractivity contribution < 1.29 is 14.6 Å². The molecule has 0 bridgehead atoms. The highest BCUT2D eigenvalue weighted by atomic mass is 16.5. The fraction of sp³-hybridized carbons (Fsp3) is 0.238. The lowest BCUT2D eigenvalue weighted by molar-refractivity contribution is -0.141. The Bertz CT molecular complexity index is 1090. The number of nitrogens with zero attached hydrogens (tertiary/aromatic N) is 3. The molecule has 0 saturated heterocycles. The maximum absolute atomic E-state index is 12.1. The summed E-state index contributed by atoms with van der Waals surface area (Å²) in [5.74, 6) is -1.64. The van der Waals surface area contributed by atoms with Gasteiger partial charge in [0, 0.05) is 6.42 Å². The first-order chi connectivity index (χ1) is 13.6. The number of para-hydroxylation sites is 2. The van der Waals surface area contributed by atoms with Gasteiger partial charge in [-0.3, -0.25) is 4.79 Å². The summed E-state index contributed by atoms with van der Waals surface area (Å²) in [4.78, 5) is 21.2. The number of ether oxygens (including phenoxy) is 1. The van der Waals surface area contributed by atoms with Crippen molar-refractivity contribution >= 4 is 22.8 Å². The summed E-state index contributed by atoms with van der Waals surface area (Å²) in [7, 11) is 1.23. The summed E-state index contributed by atoms with van der Waals surface area (Å²) in [6, 6.07) is 16.5. The molecular weight excluding hydrogens is 356 g/mol. The minimum absolute atomic E-state index is 0.185. The van der Waals surface area contributed by atoms with Gasteiger partial charge in [0.2, 0.25) is 0 Å². The maximum Gasteiger partial charge on any atom is 0.329 e. The van der Waals surface area contributed by atoms with Crippen molar-refractivity contribution in [3.8, 4) is 6.07 Å². The number of nitriles is 1. The second-order valence-electron chi connectivity index (χ2n) is 6.62. The Kier molecular flexibility index (Phi) is 4.63. The van der Waals surface area contributed by atoms with E-state index in [0.29, 0.717) is 17.5 Å². The van der Waals surface area contributed by atoms with E-state index in [1.54, 1.807) is 12.1 Å². The molecular formula is C21H18N4O3. The normalized spacial score (nSPS) is 18.9. The van der Waals surface area contributed by atoms with Gasteiger partial charge in [0.1, 0.15) is 5.69 Å². The van der Waals surface area contributed by atoms with Crippen LogP contribution in [0.1, 0.15) is 28.8 Å². The van der Waals surface area contributed by atoms with E-state index in [2.05, 4.69) is 15.3 Å². The minimum Gasteiger partial charge on any atom is -0.468 e. The number of benzene rings is 2. The molecule has 0 aliphatic heterocycles. The third-order valence-corrected chi connectivity index (χ3v) is 4.93. The number of carbonyl (C=O) groups excluding carboxylic acids is 1. The van der Waals surface area contributed by atoms with Gasteiger partial charge in [-0.15, -0.1) is 0 Å². The van der Waals surface area contributed by atoms with Gasteiger partial charge in [-0.25, -0.2) is 9.97 Å². The smallest absolute Gasteiger partial charge is 0.329 e. The molecule has 7 heteroatoms. The Morgan fingerprint density at radius 2 is 1.89 bits per heavy atom.